The van der Waals surface area contributed by atoms with Gasteiger partial charge in [-0.25, -0.2) is 0 Å². The number of halogens is 1. The number of thioether (sulfide) groups is 1. The highest BCUT2D eigenvalue weighted by Crippen LogP contribution is 2.10. The Morgan fingerprint density at radius 2 is 2.38 bits per heavy atom. The van der Waals surface area contributed by atoms with E-state index in [1.165, 1.54) is 0 Å². The molecule has 1 unspecified atom stereocenters. The smallest absolute Gasteiger partial charge is 0.222 e. The predicted molar refractivity (Wildman–Crippen MR) is 38.5 cm³/mol. The average Bonchev–Trinajstić information content (AvgIpc) is 1.65. The molecule has 0 radical (unpaired) electrons. The lowest BCUT2D eigenvalue weighted by Crippen LogP contribution is -1.99. The second-order valence-corrected chi connectivity index (χ2v) is 3.30. The number of hydrogen-bond acceptors (Lipinski definition) is 2. The summed E-state index contributed by atoms with van der Waals surface area (Å²) in [4.78, 5) is 10.2. The van der Waals surface area contributed by atoms with E-state index in [4.69, 9.17) is 11.6 Å². The molecule has 48 valence electrons. The highest BCUT2D eigenvalue weighted by atomic mass is 35.5. The van der Waals surface area contributed by atoms with Gasteiger partial charge in [-0.3, -0.25) is 4.79 Å². The largest absolute Gasteiger partial charge is 0.281 e. The van der Waals surface area contributed by atoms with Crippen molar-refractivity contribution in [3.05, 3.63) is 0 Å². The van der Waals surface area contributed by atoms with Gasteiger partial charge in [0.15, 0.2) is 0 Å². The minimum absolute atomic E-state index is 0.244. The molecule has 3 heteroatoms. The van der Waals surface area contributed by atoms with Gasteiger partial charge in [-0.1, -0.05) is 6.92 Å². The highest BCUT2D eigenvalue weighted by molar-refractivity contribution is 7.99. The molecule has 0 aliphatic heterocycles. The van der Waals surface area contributed by atoms with Crippen LogP contribution in [0.25, 0.3) is 0 Å². The standard InChI is InChI=1S/C5H9ClOS/c1-4(8-2)3-5(6)7/h4H,3H2,1-2H3. The lowest BCUT2D eigenvalue weighted by atomic mass is 10.4. The molecule has 0 spiro atoms. The van der Waals surface area contributed by atoms with E-state index in [1.54, 1.807) is 11.8 Å². The summed E-state index contributed by atoms with van der Waals surface area (Å²) in [6.45, 7) is 1.98. The van der Waals surface area contributed by atoms with Crippen molar-refractivity contribution in [3.8, 4) is 0 Å². The fourth-order valence-corrected chi connectivity index (χ4v) is 0.950. The Kier molecular flexibility index (Phi) is 4.38. The maximum Gasteiger partial charge on any atom is 0.222 e. The van der Waals surface area contributed by atoms with E-state index in [-0.39, 0.29) is 5.24 Å². The summed E-state index contributed by atoms with van der Waals surface area (Å²) < 4.78 is 0. The molecule has 0 fully saturated rings. The molecule has 0 aliphatic rings. The van der Waals surface area contributed by atoms with Crippen molar-refractivity contribution < 1.29 is 4.79 Å². The quantitative estimate of drug-likeness (QED) is 0.575. The van der Waals surface area contributed by atoms with Gasteiger partial charge < -0.3 is 0 Å². The first kappa shape index (κ1) is 8.31. The fraction of sp³-hybridized carbons (Fsp3) is 0.800. The van der Waals surface area contributed by atoms with Crippen LogP contribution >= 0.6 is 23.4 Å². The van der Waals surface area contributed by atoms with Crippen molar-refractivity contribution in [1.29, 1.82) is 0 Å². The van der Waals surface area contributed by atoms with Gasteiger partial charge in [-0.2, -0.15) is 11.8 Å². The first-order chi connectivity index (χ1) is 3.66. The monoisotopic (exact) mass is 152 g/mol. The van der Waals surface area contributed by atoms with Gasteiger partial charge in [0, 0.05) is 11.7 Å². The lowest BCUT2D eigenvalue weighted by molar-refractivity contribution is -0.111. The molecule has 1 atom stereocenters. The summed E-state index contributed by atoms with van der Waals surface area (Å²) in [6.07, 6.45) is 2.44. The van der Waals surface area contributed by atoms with Crippen LogP contribution in [0.4, 0.5) is 0 Å². The number of carbonyl (C=O) groups is 1. The first-order valence-corrected chi connectivity index (χ1v) is 4.04. The zero-order valence-electron chi connectivity index (χ0n) is 4.98. The Balaban J connectivity index is 3.24. The van der Waals surface area contributed by atoms with Crippen LogP contribution in [0.1, 0.15) is 13.3 Å². The summed E-state index contributed by atoms with van der Waals surface area (Å²) in [7, 11) is 0. The van der Waals surface area contributed by atoms with E-state index < -0.39 is 0 Å². The second-order valence-electron chi connectivity index (χ2n) is 1.61. The Labute approximate surface area is 58.8 Å². The van der Waals surface area contributed by atoms with E-state index in [1.807, 2.05) is 13.2 Å². The molecule has 0 saturated carbocycles. The van der Waals surface area contributed by atoms with Crippen LogP contribution in [0.15, 0.2) is 0 Å². The molecular weight excluding hydrogens is 144 g/mol. The van der Waals surface area contributed by atoms with Crippen LogP contribution < -0.4 is 0 Å². The van der Waals surface area contributed by atoms with Crippen molar-refractivity contribution in [1.82, 2.24) is 0 Å². The number of carbonyl (C=O) groups excluding carboxylic acids is 1. The molecule has 0 bridgehead atoms. The van der Waals surface area contributed by atoms with Gasteiger partial charge >= 0.3 is 0 Å². The maximum atomic E-state index is 10.2. The highest BCUT2D eigenvalue weighted by Gasteiger charge is 2.02. The SMILES string of the molecule is CSC(C)CC(=O)Cl. The second kappa shape index (κ2) is 4.21. The number of rotatable bonds is 3. The van der Waals surface area contributed by atoms with Crippen molar-refractivity contribution >= 4 is 28.6 Å². The molecule has 0 saturated heterocycles. The van der Waals surface area contributed by atoms with Crippen LogP contribution in [-0.4, -0.2) is 16.7 Å². The minimum Gasteiger partial charge on any atom is -0.281 e. The van der Waals surface area contributed by atoms with Crippen molar-refractivity contribution in [3.63, 3.8) is 0 Å². The third-order valence-corrected chi connectivity index (χ3v) is 1.98. The molecule has 0 heterocycles. The molecule has 0 aliphatic carbocycles. The molecule has 0 N–H and O–H groups in total. The van der Waals surface area contributed by atoms with E-state index in [9.17, 15) is 4.79 Å². The van der Waals surface area contributed by atoms with Gasteiger partial charge in [0.2, 0.25) is 5.24 Å². The molecule has 0 rings (SSSR count). The van der Waals surface area contributed by atoms with Gasteiger partial charge in [0.25, 0.3) is 0 Å². The third-order valence-electron chi connectivity index (χ3n) is 0.850. The molecule has 0 amide bonds. The van der Waals surface area contributed by atoms with Crippen LogP contribution in [-0.2, 0) is 4.79 Å². The van der Waals surface area contributed by atoms with Gasteiger partial charge in [-0.05, 0) is 17.9 Å². The molecule has 1 nitrogen and oxygen atoms in total. The molecular formula is C5H9ClOS. The van der Waals surface area contributed by atoms with E-state index in [0.29, 0.717) is 11.7 Å². The van der Waals surface area contributed by atoms with Crippen molar-refractivity contribution in [2.45, 2.75) is 18.6 Å². The van der Waals surface area contributed by atoms with E-state index in [2.05, 4.69) is 0 Å². The van der Waals surface area contributed by atoms with Crippen molar-refractivity contribution in [2.24, 2.45) is 0 Å². The van der Waals surface area contributed by atoms with Gasteiger partial charge in [-0.15, -0.1) is 0 Å². The Bertz CT molecular complexity index is 84.5. The van der Waals surface area contributed by atoms with Gasteiger partial charge in [0.05, 0.1) is 0 Å². The van der Waals surface area contributed by atoms with E-state index in [0.717, 1.165) is 0 Å². The summed E-state index contributed by atoms with van der Waals surface area (Å²) in [5.74, 6) is 0. The zero-order chi connectivity index (χ0) is 6.57. The maximum absolute atomic E-state index is 10.2. The number of hydrogen-bond donors (Lipinski definition) is 0. The summed E-state index contributed by atoms with van der Waals surface area (Å²) in [6, 6.07) is 0. The summed E-state index contributed by atoms with van der Waals surface area (Å²) >= 11 is 6.75. The van der Waals surface area contributed by atoms with Gasteiger partial charge in [0.1, 0.15) is 0 Å². The normalized spacial score (nSPS) is 13.4. The van der Waals surface area contributed by atoms with Crippen molar-refractivity contribution in [2.75, 3.05) is 6.26 Å². The molecule has 0 aromatic rings. The molecule has 8 heavy (non-hydrogen) atoms. The Hall–Kier alpha value is 0.310. The summed E-state index contributed by atoms with van der Waals surface area (Å²) in [5.41, 5.74) is 0. The predicted octanol–water partition coefficient (Wildman–Crippen LogP) is 1.89. The Morgan fingerprint density at radius 1 is 1.88 bits per heavy atom. The first-order valence-electron chi connectivity index (χ1n) is 2.38. The van der Waals surface area contributed by atoms with Crippen LogP contribution in [0, 0.1) is 0 Å². The summed E-state index contributed by atoms with van der Waals surface area (Å²) in [5, 5.41) is 0.117. The average molecular weight is 153 g/mol. The lowest BCUT2D eigenvalue weighted by Gasteiger charge is -2.00. The van der Waals surface area contributed by atoms with E-state index >= 15 is 0 Å². The third kappa shape index (κ3) is 4.47. The topological polar surface area (TPSA) is 17.1 Å². The van der Waals surface area contributed by atoms with Crippen LogP contribution in [0.2, 0.25) is 0 Å². The molecule has 0 aromatic heterocycles. The molecule has 0 aromatic carbocycles. The van der Waals surface area contributed by atoms with Crippen LogP contribution in [0.3, 0.4) is 0 Å². The fourth-order valence-electron chi connectivity index (χ4n) is 0.309. The Morgan fingerprint density at radius 3 is 2.50 bits per heavy atom. The van der Waals surface area contributed by atoms with Crippen LogP contribution in [0.5, 0.6) is 0 Å². The zero-order valence-corrected chi connectivity index (χ0v) is 6.55. The minimum atomic E-state index is -0.244.